The van der Waals surface area contributed by atoms with E-state index >= 15 is 0 Å². The first-order valence-corrected chi connectivity index (χ1v) is 12.6. The second-order valence-corrected chi connectivity index (χ2v) is 9.33. The van der Waals surface area contributed by atoms with Gasteiger partial charge in [-0.25, -0.2) is 0 Å². The Bertz CT molecular complexity index is 1210. The maximum atomic E-state index is 12.9. The average molecular weight is 488 g/mol. The van der Waals surface area contributed by atoms with Crippen molar-refractivity contribution >= 4 is 29.0 Å². The van der Waals surface area contributed by atoms with Crippen molar-refractivity contribution in [3.05, 3.63) is 100.0 Å². The summed E-state index contributed by atoms with van der Waals surface area (Å²) < 4.78 is 11.8. The minimum Gasteiger partial charge on any atom is -0.490 e. The summed E-state index contributed by atoms with van der Waals surface area (Å²) in [4.78, 5) is 27.1. The number of rotatable bonds is 10. The van der Waals surface area contributed by atoms with Gasteiger partial charge in [-0.05, 0) is 73.4 Å². The van der Waals surface area contributed by atoms with Gasteiger partial charge < -0.3 is 9.47 Å². The molecule has 0 bridgehead atoms. The van der Waals surface area contributed by atoms with Crippen molar-refractivity contribution < 1.29 is 19.1 Å². The second-order valence-electron chi connectivity index (χ2n) is 8.34. The number of hydrogen-bond acceptors (Lipinski definition) is 5. The molecule has 6 heteroatoms. The van der Waals surface area contributed by atoms with Crippen molar-refractivity contribution in [1.82, 2.24) is 4.90 Å². The Kier molecular flexibility index (Phi) is 8.27. The number of amides is 2. The van der Waals surface area contributed by atoms with Crippen LogP contribution in [0.15, 0.2) is 77.7 Å². The van der Waals surface area contributed by atoms with Crippen LogP contribution >= 0.6 is 11.8 Å². The van der Waals surface area contributed by atoms with Crippen molar-refractivity contribution in [3.63, 3.8) is 0 Å². The number of imide groups is 1. The summed E-state index contributed by atoms with van der Waals surface area (Å²) in [7, 11) is 0. The molecule has 1 aliphatic heterocycles. The molecule has 0 unspecified atom stereocenters. The summed E-state index contributed by atoms with van der Waals surface area (Å²) in [5.41, 5.74) is 4.26. The first-order chi connectivity index (χ1) is 17.0. The molecular formula is C29H29NO4S. The number of thioether (sulfide) groups is 1. The quantitative estimate of drug-likeness (QED) is 0.300. The molecule has 0 spiro atoms. The van der Waals surface area contributed by atoms with Crippen LogP contribution in [0.25, 0.3) is 6.08 Å². The highest BCUT2D eigenvalue weighted by molar-refractivity contribution is 8.18. The minimum atomic E-state index is -0.245. The number of ether oxygens (including phenoxy) is 2. The third-order valence-corrected chi connectivity index (χ3v) is 6.55. The van der Waals surface area contributed by atoms with Gasteiger partial charge in [-0.15, -0.1) is 0 Å². The second kappa shape index (κ2) is 11.8. The summed E-state index contributed by atoms with van der Waals surface area (Å²) in [6, 6.07) is 23.8. The van der Waals surface area contributed by atoms with Gasteiger partial charge in [-0.1, -0.05) is 66.2 Å². The molecule has 2 amide bonds. The van der Waals surface area contributed by atoms with Crippen molar-refractivity contribution in [3.8, 4) is 11.5 Å². The topological polar surface area (TPSA) is 55.8 Å². The summed E-state index contributed by atoms with van der Waals surface area (Å²) >= 11 is 0.981. The Hall–Kier alpha value is -3.51. The fourth-order valence-electron chi connectivity index (χ4n) is 3.78. The normalized spacial score (nSPS) is 14.6. The molecule has 35 heavy (non-hydrogen) atoms. The zero-order chi connectivity index (χ0) is 24.6. The standard InChI is InChI=1S/C29H29NO4S/c1-3-33-26-18-24(15-16-25(26)34-20-23-13-11-21(2)12-14-23)19-27-28(31)30(29(32)35-27)17-7-10-22-8-5-4-6-9-22/h4-6,8-9,11-16,18-19H,3,7,10,17,20H2,1-2H3/b27-19+. The Morgan fingerprint density at radius 3 is 2.40 bits per heavy atom. The highest BCUT2D eigenvalue weighted by atomic mass is 32.2. The fraction of sp³-hybridized carbons (Fsp3) is 0.241. The molecular weight excluding hydrogens is 458 g/mol. The lowest BCUT2D eigenvalue weighted by Crippen LogP contribution is -2.29. The molecule has 0 radical (unpaired) electrons. The van der Waals surface area contributed by atoms with Crippen molar-refractivity contribution in [2.24, 2.45) is 0 Å². The van der Waals surface area contributed by atoms with Crippen LogP contribution in [0.4, 0.5) is 4.79 Å². The van der Waals surface area contributed by atoms with E-state index in [1.54, 1.807) is 6.08 Å². The molecule has 0 aromatic heterocycles. The van der Waals surface area contributed by atoms with Crippen LogP contribution in [0, 0.1) is 6.92 Å². The monoisotopic (exact) mass is 487 g/mol. The van der Waals surface area contributed by atoms with E-state index in [1.807, 2.05) is 55.5 Å². The predicted molar refractivity (Wildman–Crippen MR) is 141 cm³/mol. The fourth-order valence-corrected chi connectivity index (χ4v) is 4.64. The highest BCUT2D eigenvalue weighted by Gasteiger charge is 2.34. The van der Waals surface area contributed by atoms with Crippen LogP contribution in [0.1, 0.15) is 35.6 Å². The zero-order valence-electron chi connectivity index (χ0n) is 20.0. The SMILES string of the molecule is CCOc1cc(/C=C2/SC(=O)N(CCCc3ccccc3)C2=O)ccc1OCc1ccc(C)cc1. The first kappa shape index (κ1) is 24.6. The average Bonchev–Trinajstić information content (AvgIpc) is 3.13. The molecule has 0 atom stereocenters. The van der Waals surface area contributed by atoms with E-state index in [9.17, 15) is 9.59 Å². The molecule has 4 rings (SSSR count). The lowest BCUT2D eigenvalue weighted by atomic mass is 10.1. The molecule has 3 aromatic rings. The summed E-state index contributed by atoms with van der Waals surface area (Å²) in [5.74, 6) is 1.000. The van der Waals surface area contributed by atoms with E-state index in [2.05, 4.69) is 31.2 Å². The van der Waals surface area contributed by atoms with Gasteiger partial charge in [0.15, 0.2) is 11.5 Å². The molecule has 3 aromatic carbocycles. The molecule has 5 nitrogen and oxygen atoms in total. The molecule has 1 saturated heterocycles. The predicted octanol–water partition coefficient (Wildman–Crippen LogP) is 6.64. The van der Waals surface area contributed by atoms with Gasteiger partial charge in [-0.3, -0.25) is 14.5 Å². The van der Waals surface area contributed by atoms with Crippen LogP contribution in [0.2, 0.25) is 0 Å². The number of carbonyl (C=O) groups is 2. The summed E-state index contributed by atoms with van der Waals surface area (Å²) in [6.45, 7) is 5.30. The third-order valence-electron chi connectivity index (χ3n) is 5.64. The van der Waals surface area contributed by atoms with Gasteiger partial charge in [0, 0.05) is 6.54 Å². The number of benzene rings is 3. The van der Waals surface area contributed by atoms with E-state index in [1.165, 1.54) is 16.0 Å². The Morgan fingerprint density at radius 1 is 0.886 bits per heavy atom. The lowest BCUT2D eigenvalue weighted by molar-refractivity contribution is -0.122. The Morgan fingerprint density at radius 2 is 1.66 bits per heavy atom. The Labute approximate surface area is 210 Å². The van der Waals surface area contributed by atoms with Crippen molar-refractivity contribution in [2.75, 3.05) is 13.2 Å². The maximum Gasteiger partial charge on any atom is 0.293 e. The number of carbonyl (C=O) groups excluding carboxylic acids is 2. The number of nitrogens with zero attached hydrogens (tertiary/aromatic N) is 1. The van der Waals surface area contributed by atoms with Crippen LogP contribution in [-0.4, -0.2) is 29.2 Å². The first-order valence-electron chi connectivity index (χ1n) is 11.8. The lowest BCUT2D eigenvalue weighted by Gasteiger charge is -2.13. The molecule has 1 fully saturated rings. The highest BCUT2D eigenvalue weighted by Crippen LogP contribution is 2.35. The summed E-state index contributed by atoms with van der Waals surface area (Å²) in [5, 5.41) is -0.225. The third kappa shape index (κ3) is 6.55. The van der Waals surface area contributed by atoms with Gasteiger partial charge in [0.25, 0.3) is 11.1 Å². The van der Waals surface area contributed by atoms with Crippen molar-refractivity contribution in [1.29, 1.82) is 0 Å². The van der Waals surface area contributed by atoms with Crippen molar-refractivity contribution in [2.45, 2.75) is 33.3 Å². The van der Waals surface area contributed by atoms with E-state index in [0.717, 1.165) is 35.7 Å². The maximum absolute atomic E-state index is 12.9. The zero-order valence-corrected chi connectivity index (χ0v) is 20.8. The molecule has 1 aliphatic rings. The molecule has 0 saturated carbocycles. The summed E-state index contributed by atoms with van der Waals surface area (Å²) in [6.07, 6.45) is 3.30. The van der Waals surface area contributed by atoms with Gasteiger partial charge in [0.1, 0.15) is 6.61 Å². The van der Waals surface area contributed by atoms with E-state index in [0.29, 0.717) is 36.2 Å². The van der Waals surface area contributed by atoms with Crippen LogP contribution in [0.5, 0.6) is 11.5 Å². The van der Waals surface area contributed by atoms with Crippen LogP contribution in [0.3, 0.4) is 0 Å². The van der Waals surface area contributed by atoms with Gasteiger partial charge in [-0.2, -0.15) is 0 Å². The molecule has 180 valence electrons. The molecule has 0 N–H and O–H groups in total. The van der Waals surface area contributed by atoms with E-state index in [-0.39, 0.29) is 11.1 Å². The van der Waals surface area contributed by atoms with Gasteiger partial charge in [0.05, 0.1) is 11.5 Å². The van der Waals surface area contributed by atoms with E-state index < -0.39 is 0 Å². The Balaban J connectivity index is 1.42. The molecule has 0 aliphatic carbocycles. The minimum absolute atomic E-state index is 0.225. The van der Waals surface area contributed by atoms with Gasteiger partial charge in [0.2, 0.25) is 0 Å². The van der Waals surface area contributed by atoms with Crippen LogP contribution < -0.4 is 9.47 Å². The smallest absolute Gasteiger partial charge is 0.293 e. The van der Waals surface area contributed by atoms with E-state index in [4.69, 9.17) is 9.47 Å². The number of aryl methyl sites for hydroxylation is 2. The van der Waals surface area contributed by atoms with Gasteiger partial charge >= 0.3 is 0 Å². The number of hydrogen-bond donors (Lipinski definition) is 0. The molecule has 1 heterocycles. The largest absolute Gasteiger partial charge is 0.490 e. The van der Waals surface area contributed by atoms with Crippen LogP contribution in [-0.2, 0) is 17.8 Å².